The number of hydrogen-bond acceptors (Lipinski definition) is 5. The number of carbonyl (C=O) groups excluding carboxylic acids is 1. The summed E-state index contributed by atoms with van der Waals surface area (Å²) in [4.78, 5) is 25.6. The van der Waals surface area contributed by atoms with Crippen LogP contribution in [0.1, 0.15) is 41.8 Å². The third-order valence-electron chi connectivity index (χ3n) is 4.96. The van der Waals surface area contributed by atoms with Crippen molar-refractivity contribution in [3.05, 3.63) is 29.5 Å². The lowest BCUT2D eigenvalue weighted by Crippen LogP contribution is -2.30. The highest BCUT2D eigenvalue weighted by Crippen LogP contribution is 2.47. The number of rotatable bonds is 5. The molecular formula is C17H20N4OS. The summed E-state index contributed by atoms with van der Waals surface area (Å²) < 4.78 is 0. The Morgan fingerprint density at radius 3 is 2.78 bits per heavy atom. The van der Waals surface area contributed by atoms with Crippen molar-refractivity contribution in [2.45, 2.75) is 32.1 Å². The van der Waals surface area contributed by atoms with Crippen molar-refractivity contribution in [2.24, 2.45) is 17.8 Å². The molecule has 2 atom stereocenters. The van der Waals surface area contributed by atoms with Gasteiger partial charge in [-0.1, -0.05) is 6.42 Å². The lowest BCUT2D eigenvalue weighted by atomic mass is 9.91. The molecule has 1 amide bonds. The molecule has 0 aliphatic heterocycles. The molecule has 1 N–H and O–H groups in total. The van der Waals surface area contributed by atoms with Crippen molar-refractivity contribution in [1.82, 2.24) is 20.3 Å². The van der Waals surface area contributed by atoms with Crippen molar-refractivity contribution in [3.63, 3.8) is 0 Å². The van der Waals surface area contributed by atoms with E-state index in [1.165, 1.54) is 43.4 Å². The number of aromatic nitrogens is 3. The van der Waals surface area contributed by atoms with Gasteiger partial charge in [-0.25, -0.2) is 15.0 Å². The van der Waals surface area contributed by atoms with Crippen LogP contribution in [-0.4, -0.2) is 27.4 Å². The molecule has 0 radical (unpaired) electrons. The number of hydrogen-bond donors (Lipinski definition) is 1. The van der Waals surface area contributed by atoms with Crippen LogP contribution in [-0.2, 0) is 0 Å². The highest BCUT2D eigenvalue weighted by Gasteiger charge is 2.39. The van der Waals surface area contributed by atoms with E-state index in [9.17, 15) is 4.79 Å². The van der Waals surface area contributed by atoms with Crippen LogP contribution in [0.15, 0.2) is 24.7 Å². The lowest BCUT2D eigenvalue weighted by Gasteiger charge is -2.19. The maximum absolute atomic E-state index is 12.4. The summed E-state index contributed by atoms with van der Waals surface area (Å²) in [7, 11) is 0. The Hall–Kier alpha value is -1.82. The van der Waals surface area contributed by atoms with Crippen LogP contribution in [0.25, 0.3) is 10.8 Å². The Labute approximate surface area is 139 Å². The molecule has 2 aliphatic rings. The van der Waals surface area contributed by atoms with E-state index >= 15 is 0 Å². The zero-order valence-corrected chi connectivity index (χ0v) is 13.8. The number of nitrogens with one attached hydrogen (secondary N) is 1. The summed E-state index contributed by atoms with van der Waals surface area (Å²) in [6, 6.07) is 1.77. The molecule has 2 aromatic rings. The van der Waals surface area contributed by atoms with E-state index in [1.54, 1.807) is 24.7 Å². The SMILES string of the molecule is O=C(NC[C@H]1CCC[C@@H]1C1CC1)c1cnc(-c2ncccn2)s1. The van der Waals surface area contributed by atoms with Gasteiger partial charge in [0.1, 0.15) is 4.88 Å². The summed E-state index contributed by atoms with van der Waals surface area (Å²) in [5, 5.41) is 3.80. The number of amides is 1. The molecule has 0 bridgehead atoms. The molecule has 0 spiro atoms. The standard InChI is InChI=1S/C17H20N4OS/c22-16(20-9-12-3-1-4-13(12)11-5-6-11)14-10-21-17(23-14)15-18-7-2-8-19-15/h2,7-8,10-13H,1,3-6,9H2,(H,20,22)/t12-,13-/m1/s1. The molecule has 23 heavy (non-hydrogen) atoms. The van der Waals surface area contributed by atoms with E-state index in [-0.39, 0.29) is 5.91 Å². The highest BCUT2D eigenvalue weighted by molar-refractivity contribution is 7.16. The van der Waals surface area contributed by atoms with Crippen LogP contribution in [0.5, 0.6) is 0 Å². The minimum absolute atomic E-state index is 0.0221. The van der Waals surface area contributed by atoms with Crippen molar-refractivity contribution in [1.29, 1.82) is 0 Å². The summed E-state index contributed by atoms with van der Waals surface area (Å²) in [5.41, 5.74) is 0. The molecular weight excluding hydrogens is 308 g/mol. The Morgan fingerprint density at radius 2 is 2.00 bits per heavy atom. The zero-order chi connectivity index (χ0) is 15.6. The number of thiazole rings is 1. The van der Waals surface area contributed by atoms with Crippen molar-refractivity contribution in [2.75, 3.05) is 6.54 Å². The third-order valence-corrected chi connectivity index (χ3v) is 5.95. The molecule has 0 unspecified atom stereocenters. The number of carbonyl (C=O) groups is 1. The van der Waals surface area contributed by atoms with Crippen LogP contribution < -0.4 is 5.32 Å². The van der Waals surface area contributed by atoms with E-state index in [1.807, 2.05) is 0 Å². The molecule has 0 saturated heterocycles. The highest BCUT2D eigenvalue weighted by atomic mass is 32.1. The fourth-order valence-corrected chi connectivity index (χ4v) is 4.45. The molecule has 6 heteroatoms. The average Bonchev–Trinajstić information content (AvgIpc) is 3.13. The Bertz CT molecular complexity index is 683. The normalized spacial score (nSPS) is 23.8. The van der Waals surface area contributed by atoms with Gasteiger partial charge >= 0.3 is 0 Å². The first-order valence-corrected chi connectivity index (χ1v) is 9.14. The van der Waals surface area contributed by atoms with Crippen LogP contribution in [0.3, 0.4) is 0 Å². The van der Waals surface area contributed by atoms with Crippen LogP contribution in [0, 0.1) is 17.8 Å². The Kier molecular flexibility index (Phi) is 4.08. The quantitative estimate of drug-likeness (QED) is 0.915. The first-order chi connectivity index (χ1) is 11.3. The van der Waals surface area contributed by atoms with Gasteiger partial charge in [0.2, 0.25) is 0 Å². The maximum atomic E-state index is 12.4. The van der Waals surface area contributed by atoms with Gasteiger partial charge in [0.25, 0.3) is 5.91 Å². The van der Waals surface area contributed by atoms with Gasteiger partial charge in [0.05, 0.1) is 6.20 Å². The second-order valence-electron chi connectivity index (χ2n) is 6.50. The first-order valence-electron chi connectivity index (χ1n) is 8.32. The third kappa shape index (κ3) is 3.27. The smallest absolute Gasteiger partial charge is 0.263 e. The molecule has 2 fully saturated rings. The predicted octanol–water partition coefficient (Wildman–Crippen LogP) is 3.16. The molecule has 2 aromatic heterocycles. The fraction of sp³-hybridized carbons (Fsp3) is 0.529. The van der Waals surface area contributed by atoms with E-state index in [0.29, 0.717) is 21.6 Å². The monoisotopic (exact) mass is 328 g/mol. The second kappa shape index (κ2) is 6.35. The first kappa shape index (κ1) is 14.8. The van der Waals surface area contributed by atoms with Gasteiger partial charge in [0, 0.05) is 18.9 Å². The fourth-order valence-electron chi connectivity index (χ4n) is 3.67. The van der Waals surface area contributed by atoms with Gasteiger partial charge in [-0.3, -0.25) is 4.79 Å². The molecule has 120 valence electrons. The summed E-state index contributed by atoms with van der Waals surface area (Å²) in [6.07, 6.45) is 11.7. The van der Waals surface area contributed by atoms with Gasteiger partial charge < -0.3 is 5.32 Å². The Balaban J connectivity index is 1.37. The van der Waals surface area contributed by atoms with E-state index in [2.05, 4.69) is 20.3 Å². The van der Waals surface area contributed by atoms with Gasteiger partial charge in [-0.2, -0.15) is 0 Å². The van der Waals surface area contributed by atoms with Gasteiger partial charge in [-0.15, -0.1) is 11.3 Å². The molecule has 5 nitrogen and oxygen atoms in total. The van der Waals surface area contributed by atoms with Gasteiger partial charge in [-0.05, 0) is 49.5 Å². The van der Waals surface area contributed by atoms with Crippen molar-refractivity contribution < 1.29 is 4.79 Å². The molecule has 2 saturated carbocycles. The minimum Gasteiger partial charge on any atom is -0.351 e. The largest absolute Gasteiger partial charge is 0.351 e. The lowest BCUT2D eigenvalue weighted by molar-refractivity contribution is 0.0946. The molecule has 0 aromatic carbocycles. The Morgan fingerprint density at radius 1 is 1.17 bits per heavy atom. The molecule has 2 aliphatic carbocycles. The van der Waals surface area contributed by atoms with Crippen LogP contribution >= 0.6 is 11.3 Å². The van der Waals surface area contributed by atoms with Crippen LogP contribution in [0.2, 0.25) is 0 Å². The summed E-state index contributed by atoms with van der Waals surface area (Å²) >= 11 is 1.35. The minimum atomic E-state index is -0.0221. The summed E-state index contributed by atoms with van der Waals surface area (Å²) in [5.74, 6) is 2.98. The second-order valence-corrected chi connectivity index (χ2v) is 7.54. The molecule has 4 rings (SSSR count). The summed E-state index contributed by atoms with van der Waals surface area (Å²) in [6.45, 7) is 0.801. The molecule has 2 heterocycles. The van der Waals surface area contributed by atoms with Crippen molar-refractivity contribution >= 4 is 17.2 Å². The topological polar surface area (TPSA) is 67.8 Å². The zero-order valence-electron chi connectivity index (χ0n) is 12.9. The number of nitrogens with zero attached hydrogens (tertiary/aromatic N) is 3. The van der Waals surface area contributed by atoms with Crippen LogP contribution in [0.4, 0.5) is 0 Å². The maximum Gasteiger partial charge on any atom is 0.263 e. The van der Waals surface area contributed by atoms with E-state index in [4.69, 9.17) is 0 Å². The van der Waals surface area contributed by atoms with Gasteiger partial charge in [0.15, 0.2) is 10.8 Å². The van der Waals surface area contributed by atoms with E-state index < -0.39 is 0 Å². The predicted molar refractivity (Wildman–Crippen MR) is 89.0 cm³/mol. The van der Waals surface area contributed by atoms with E-state index in [0.717, 1.165) is 18.4 Å². The average molecular weight is 328 g/mol. The van der Waals surface area contributed by atoms with Crippen molar-refractivity contribution in [3.8, 4) is 10.8 Å².